The largest absolute Gasteiger partial charge is 0.467 e. The fourth-order valence-corrected chi connectivity index (χ4v) is 4.02. The van der Waals surface area contributed by atoms with Crippen molar-refractivity contribution in [3.8, 4) is 11.3 Å². The Morgan fingerprint density at radius 2 is 1.96 bits per heavy atom. The lowest BCUT2D eigenvalue weighted by atomic mass is 10.1. The predicted molar refractivity (Wildman–Crippen MR) is 100 cm³/mol. The van der Waals surface area contributed by atoms with Crippen molar-refractivity contribution in [3.05, 3.63) is 59.4 Å². The Morgan fingerprint density at radius 1 is 1.22 bits per heavy atom. The molecule has 1 fully saturated rings. The van der Waals surface area contributed by atoms with E-state index in [1.165, 1.54) is 23.5 Å². The van der Waals surface area contributed by atoms with Gasteiger partial charge in [-0.3, -0.25) is 4.79 Å². The summed E-state index contributed by atoms with van der Waals surface area (Å²) in [5, 5.41) is 9.38. The van der Waals surface area contributed by atoms with Crippen LogP contribution in [0.3, 0.4) is 0 Å². The Hall–Kier alpha value is -2.98. The van der Waals surface area contributed by atoms with Crippen molar-refractivity contribution in [2.75, 3.05) is 13.1 Å². The monoisotopic (exact) mass is 381 g/mol. The summed E-state index contributed by atoms with van der Waals surface area (Å²) in [5.41, 5.74) is 1.85. The van der Waals surface area contributed by atoms with Gasteiger partial charge in [-0.05, 0) is 42.5 Å². The van der Waals surface area contributed by atoms with E-state index in [0.717, 1.165) is 10.2 Å². The number of ether oxygens (including phenoxy) is 1. The van der Waals surface area contributed by atoms with E-state index in [1.54, 1.807) is 35.2 Å². The minimum absolute atomic E-state index is 0.0135. The first-order valence-corrected chi connectivity index (χ1v) is 9.46. The molecule has 1 aliphatic rings. The second-order valence-electron chi connectivity index (χ2n) is 6.39. The van der Waals surface area contributed by atoms with Gasteiger partial charge in [-0.1, -0.05) is 11.3 Å². The smallest absolute Gasteiger partial charge is 0.274 e. The summed E-state index contributed by atoms with van der Waals surface area (Å²) in [5.74, 6) is -0.319. The Morgan fingerprint density at radius 3 is 2.67 bits per heavy atom. The average molecular weight is 381 g/mol. The minimum atomic E-state index is -0.285. The first-order valence-electron chi connectivity index (χ1n) is 8.64. The molecule has 136 valence electrons. The molecule has 0 bridgehead atoms. The normalized spacial score (nSPS) is 14.9. The second-order valence-corrected chi connectivity index (χ2v) is 7.38. The summed E-state index contributed by atoms with van der Waals surface area (Å²) in [6, 6.07) is 13.2. The molecule has 1 amide bonds. The number of thiazole rings is 1. The van der Waals surface area contributed by atoms with E-state index < -0.39 is 0 Å². The lowest BCUT2D eigenvalue weighted by Gasteiger charge is -2.31. The molecule has 0 aliphatic carbocycles. The number of amides is 1. The van der Waals surface area contributed by atoms with E-state index in [4.69, 9.17) is 10.00 Å². The molecular weight excluding hydrogens is 365 g/mol. The molecule has 5 nitrogen and oxygen atoms in total. The lowest BCUT2D eigenvalue weighted by molar-refractivity contribution is 0.0595. The minimum Gasteiger partial charge on any atom is -0.467 e. The zero-order valence-corrected chi connectivity index (χ0v) is 15.2. The number of hydrogen-bond acceptors (Lipinski definition) is 5. The third kappa shape index (κ3) is 3.76. The van der Waals surface area contributed by atoms with Crippen molar-refractivity contribution in [2.45, 2.75) is 18.9 Å². The number of halogens is 1. The summed E-state index contributed by atoms with van der Waals surface area (Å²) >= 11 is 1.33. The van der Waals surface area contributed by atoms with Crippen molar-refractivity contribution in [2.24, 2.45) is 0 Å². The molecule has 0 unspecified atom stereocenters. The maximum Gasteiger partial charge on any atom is 0.274 e. The summed E-state index contributed by atoms with van der Waals surface area (Å²) in [6.45, 7) is 1.20. The molecule has 1 saturated heterocycles. The van der Waals surface area contributed by atoms with Crippen LogP contribution in [0.1, 0.15) is 28.8 Å². The number of nitriles is 1. The molecule has 3 aromatic rings. The van der Waals surface area contributed by atoms with Crippen LogP contribution in [0.5, 0.6) is 5.19 Å². The number of nitrogens with zero attached hydrogens (tertiary/aromatic N) is 3. The van der Waals surface area contributed by atoms with Crippen LogP contribution in [0.4, 0.5) is 4.39 Å². The molecule has 4 rings (SSSR count). The van der Waals surface area contributed by atoms with E-state index >= 15 is 0 Å². The SMILES string of the molecule is N#Cc1ccc(C(=O)N2CCC(Oc3nc4ccc(F)cc4s3)CC2)cc1. The third-order valence-corrected chi connectivity index (χ3v) is 5.50. The first-order chi connectivity index (χ1) is 13.1. The van der Waals surface area contributed by atoms with Crippen LogP contribution in [0.25, 0.3) is 10.2 Å². The first kappa shape index (κ1) is 17.4. The number of carbonyl (C=O) groups excluding carboxylic acids is 1. The van der Waals surface area contributed by atoms with E-state index in [2.05, 4.69) is 4.98 Å². The highest BCUT2D eigenvalue weighted by Crippen LogP contribution is 2.30. The fourth-order valence-electron chi connectivity index (χ4n) is 3.12. The standard InChI is InChI=1S/C20H16FN3O2S/c21-15-5-6-17-18(11-15)27-20(23-17)26-16-7-9-24(10-8-16)19(25)14-3-1-13(12-22)2-4-14/h1-6,11,16H,7-10H2. The highest BCUT2D eigenvalue weighted by molar-refractivity contribution is 7.20. The molecule has 2 aromatic carbocycles. The maximum atomic E-state index is 13.3. The van der Waals surface area contributed by atoms with Gasteiger partial charge in [0.15, 0.2) is 0 Å². The lowest BCUT2D eigenvalue weighted by Crippen LogP contribution is -2.41. The molecule has 0 N–H and O–H groups in total. The van der Waals surface area contributed by atoms with Crippen LogP contribution in [0.15, 0.2) is 42.5 Å². The number of hydrogen-bond donors (Lipinski definition) is 0. The van der Waals surface area contributed by atoms with Crippen LogP contribution < -0.4 is 4.74 Å². The molecule has 27 heavy (non-hydrogen) atoms. The summed E-state index contributed by atoms with van der Waals surface area (Å²) in [4.78, 5) is 18.8. The van der Waals surface area contributed by atoms with Gasteiger partial charge in [0.05, 0.1) is 21.8 Å². The Balaban J connectivity index is 1.36. The highest BCUT2D eigenvalue weighted by Gasteiger charge is 2.25. The number of carbonyl (C=O) groups is 1. The van der Waals surface area contributed by atoms with Crippen molar-refractivity contribution in [1.82, 2.24) is 9.88 Å². The molecule has 1 aliphatic heterocycles. The van der Waals surface area contributed by atoms with E-state index in [-0.39, 0.29) is 17.8 Å². The van der Waals surface area contributed by atoms with Crippen LogP contribution in [-0.2, 0) is 0 Å². The van der Waals surface area contributed by atoms with E-state index in [0.29, 0.717) is 42.3 Å². The molecular formula is C20H16FN3O2S. The number of aromatic nitrogens is 1. The summed E-state index contributed by atoms with van der Waals surface area (Å²) < 4.78 is 20.0. The number of piperidine rings is 1. The molecule has 0 saturated carbocycles. The van der Waals surface area contributed by atoms with Gasteiger partial charge in [-0.2, -0.15) is 5.26 Å². The summed E-state index contributed by atoms with van der Waals surface area (Å²) in [7, 11) is 0. The van der Waals surface area contributed by atoms with Crippen molar-refractivity contribution in [1.29, 1.82) is 5.26 Å². The van der Waals surface area contributed by atoms with Gasteiger partial charge in [0.1, 0.15) is 11.9 Å². The predicted octanol–water partition coefficient (Wildman–Crippen LogP) is 3.99. The van der Waals surface area contributed by atoms with Crippen LogP contribution in [-0.4, -0.2) is 35.0 Å². The van der Waals surface area contributed by atoms with Crippen molar-refractivity contribution < 1.29 is 13.9 Å². The maximum absolute atomic E-state index is 13.3. The zero-order valence-electron chi connectivity index (χ0n) is 14.4. The van der Waals surface area contributed by atoms with Gasteiger partial charge in [0.2, 0.25) is 0 Å². The fraction of sp³-hybridized carbons (Fsp3) is 0.250. The molecule has 0 atom stereocenters. The third-order valence-electron chi connectivity index (χ3n) is 4.59. The molecule has 2 heterocycles. The number of fused-ring (bicyclic) bond motifs is 1. The van der Waals surface area contributed by atoms with Gasteiger partial charge in [-0.15, -0.1) is 0 Å². The quantitative estimate of drug-likeness (QED) is 0.688. The van der Waals surface area contributed by atoms with Gasteiger partial charge in [-0.25, -0.2) is 9.37 Å². The Bertz CT molecular complexity index is 1020. The number of rotatable bonds is 3. The van der Waals surface area contributed by atoms with Crippen LogP contribution in [0.2, 0.25) is 0 Å². The van der Waals surface area contributed by atoms with Crippen molar-refractivity contribution in [3.63, 3.8) is 0 Å². The van der Waals surface area contributed by atoms with Gasteiger partial charge >= 0.3 is 0 Å². The Labute approximate surface area is 159 Å². The number of benzene rings is 2. The topological polar surface area (TPSA) is 66.2 Å². The summed E-state index contributed by atoms with van der Waals surface area (Å²) in [6.07, 6.45) is 1.42. The molecule has 1 aromatic heterocycles. The molecule has 7 heteroatoms. The molecule has 0 spiro atoms. The average Bonchev–Trinajstić information content (AvgIpc) is 3.09. The van der Waals surface area contributed by atoms with Crippen molar-refractivity contribution >= 4 is 27.5 Å². The number of likely N-dealkylation sites (tertiary alicyclic amines) is 1. The van der Waals surface area contributed by atoms with E-state index in [1.807, 2.05) is 6.07 Å². The van der Waals surface area contributed by atoms with E-state index in [9.17, 15) is 9.18 Å². The van der Waals surface area contributed by atoms with Crippen LogP contribution in [0, 0.1) is 17.1 Å². The van der Waals surface area contributed by atoms with Crippen LogP contribution >= 0.6 is 11.3 Å². The second kappa shape index (κ2) is 7.33. The zero-order chi connectivity index (χ0) is 18.8. The Kier molecular flexibility index (Phi) is 4.73. The van der Waals surface area contributed by atoms with Gasteiger partial charge < -0.3 is 9.64 Å². The van der Waals surface area contributed by atoms with Gasteiger partial charge in [0.25, 0.3) is 11.1 Å². The highest BCUT2D eigenvalue weighted by atomic mass is 32.1. The van der Waals surface area contributed by atoms with Gasteiger partial charge in [0, 0.05) is 31.5 Å². The molecule has 0 radical (unpaired) electrons.